The van der Waals surface area contributed by atoms with Gasteiger partial charge in [0.2, 0.25) is 0 Å². The Balaban J connectivity index is 2.14. The van der Waals surface area contributed by atoms with Crippen molar-refractivity contribution in [2.75, 3.05) is 13.1 Å². The summed E-state index contributed by atoms with van der Waals surface area (Å²) in [6.45, 7) is 6.83. The molecule has 1 saturated heterocycles. The first kappa shape index (κ1) is 12.8. The van der Waals surface area contributed by atoms with Crippen LogP contribution in [0.25, 0.3) is 0 Å². The molecule has 0 saturated carbocycles. The lowest BCUT2D eigenvalue weighted by Gasteiger charge is -2.25. The van der Waals surface area contributed by atoms with E-state index < -0.39 is 0 Å². The van der Waals surface area contributed by atoms with Crippen molar-refractivity contribution < 1.29 is 0 Å². The molecular formula is C14H21ClN2. The molecule has 2 nitrogen and oxygen atoms in total. The number of aryl methyl sites for hydroxylation is 1. The van der Waals surface area contributed by atoms with Gasteiger partial charge in [0.25, 0.3) is 0 Å². The number of nitrogens with zero attached hydrogens (tertiary/aromatic N) is 2. The van der Waals surface area contributed by atoms with Crippen LogP contribution in [-0.2, 0) is 0 Å². The molecule has 1 aliphatic heterocycles. The van der Waals surface area contributed by atoms with Gasteiger partial charge < -0.3 is 0 Å². The Morgan fingerprint density at radius 1 is 1.53 bits per heavy atom. The molecule has 1 atom stereocenters. The van der Waals surface area contributed by atoms with Gasteiger partial charge in [0.05, 0.1) is 0 Å². The SMILES string of the molecule is CCCCN1CCCC1c1cnc(Cl)cc1C. The standard InChI is InChI=1S/C14H21ClN2/c1-3-4-7-17-8-5-6-13(17)12-10-16-14(15)9-11(12)2/h9-10,13H,3-8H2,1-2H3. The summed E-state index contributed by atoms with van der Waals surface area (Å²) in [6, 6.07) is 2.54. The molecule has 94 valence electrons. The van der Waals surface area contributed by atoms with Crippen molar-refractivity contribution in [2.45, 2.75) is 45.6 Å². The molecule has 0 amide bonds. The molecule has 2 rings (SSSR count). The van der Waals surface area contributed by atoms with Crippen LogP contribution >= 0.6 is 11.6 Å². The largest absolute Gasteiger partial charge is 0.296 e. The zero-order valence-corrected chi connectivity index (χ0v) is 11.5. The van der Waals surface area contributed by atoms with Gasteiger partial charge in [0.15, 0.2) is 0 Å². The van der Waals surface area contributed by atoms with Gasteiger partial charge in [-0.15, -0.1) is 0 Å². The number of pyridine rings is 1. The van der Waals surface area contributed by atoms with Crippen LogP contribution in [0.1, 0.15) is 49.8 Å². The first-order chi connectivity index (χ1) is 8.22. The summed E-state index contributed by atoms with van der Waals surface area (Å²) < 4.78 is 0. The predicted molar refractivity (Wildman–Crippen MR) is 72.4 cm³/mol. The summed E-state index contributed by atoms with van der Waals surface area (Å²) in [7, 11) is 0. The Morgan fingerprint density at radius 2 is 2.35 bits per heavy atom. The van der Waals surface area contributed by atoms with E-state index in [1.807, 2.05) is 12.3 Å². The van der Waals surface area contributed by atoms with Crippen LogP contribution < -0.4 is 0 Å². The monoisotopic (exact) mass is 252 g/mol. The van der Waals surface area contributed by atoms with Gasteiger partial charge in [0.1, 0.15) is 5.15 Å². The minimum atomic E-state index is 0.561. The van der Waals surface area contributed by atoms with Gasteiger partial charge in [-0.3, -0.25) is 4.90 Å². The lowest BCUT2D eigenvalue weighted by molar-refractivity contribution is 0.252. The van der Waals surface area contributed by atoms with E-state index >= 15 is 0 Å². The quantitative estimate of drug-likeness (QED) is 0.754. The molecule has 0 aromatic carbocycles. The van der Waals surface area contributed by atoms with E-state index in [1.165, 1.54) is 49.9 Å². The zero-order valence-electron chi connectivity index (χ0n) is 10.7. The summed E-state index contributed by atoms with van der Waals surface area (Å²) in [6.07, 6.45) is 7.08. The third kappa shape index (κ3) is 2.99. The Kier molecular flexibility index (Phi) is 4.41. The summed E-state index contributed by atoms with van der Waals surface area (Å²) >= 11 is 5.92. The average Bonchev–Trinajstić information content (AvgIpc) is 2.74. The van der Waals surface area contributed by atoms with Gasteiger partial charge in [-0.1, -0.05) is 24.9 Å². The number of hydrogen-bond acceptors (Lipinski definition) is 2. The Labute approximate surface area is 109 Å². The van der Waals surface area contributed by atoms with Gasteiger partial charge >= 0.3 is 0 Å². The van der Waals surface area contributed by atoms with E-state index in [1.54, 1.807) is 0 Å². The van der Waals surface area contributed by atoms with Crippen molar-refractivity contribution in [3.63, 3.8) is 0 Å². The fourth-order valence-electron chi connectivity index (χ4n) is 2.69. The molecule has 0 spiro atoms. The van der Waals surface area contributed by atoms with Crippen molar-refractivity contribution in [1.82, 2.24) is 9.88 Å². The van der Waals surface area contributed by atoms with E-state index in [2.05, 4.69) is 23.7 Å². The van der Waals surface area contributed by atoms with E-state index in [-0.39, 0.29) is 0 Å². The number of halogens is 1. The van der Waals surface area contributed by atoms with Gasteiger partial charge in [-0.25, -0.2) is 4.98 Å². The van der Waals surface area contributed by atoms with Crippen LogP contribution in [0.5, 0.6) is 0 Å². The molecule has 2 heterocycles. The van der Waals surface area contributed by atoms with Crippen LogP contribution in [-0.4, -0.2) is 23.0 Å². The van der Waals surface area contributed by atoms with Crippen LogP contribution in [0.3, 0.4) is 0 Å². The molecule has 1 fully saturated rings. The summed E-state index contributed by atoms with van der Waals surface area (Å²) in [5.74, 6) is 0. The lowest BCUT2D eigenvalue weighted by Crippen LogP contribution is -2.25. The number of hydrogen-bond donors (Lipinski definition) is 0. The molecule has 1 aromatic heterocycles. The number of likely N-dealkylation sites (tertiary alicyclic amines) is 1. The summed E-state index contributed by atoms with van der Waals surface area (Å²) in [5.41, 5.74) is 2.64. The van der Waals surface area contributed by atoms with Gasteiger partial charge in [-0.2, -0.15) is 0 Å². The average molecular weight is 253 g/mol. The van der Waals surface area contributed by atoms with Crippen molar-refractivity contribution in [3.05, 3.63) is 28.5 Å². The van der Waals surface area contributed by atoms with Gasteiger partial charge in [-0.05, 0) is 56.5 Å². The molecule has 0 bridgehead atoms. The van der Waals surface area contributed by atoms with Crippen molar-refractivity contribution >= 4 is 11.6 Å². The molecule has 1 unspecified atom stereocenters. The third-order valence-corrected chi connectivity index (χ3v) is 3.85. The molecule has 1 aromatic rings. The maximum Gasteiger partial charge on any atom is 0.129 e. The normalized spacial score (nSPS) is 21.0. The van der Waals surface area contributed by atoms with E-state index in [0.717, 1.165) is 0 Å². The Morgan fingerprint density at radius 3 is 3.06 bits per heavy atom. The molecule has 3 heteroatoms. The topological polar surface area (TPSA) is 16.1 Å². The van der Waals surface area contributed by atoms with E-state index in [4.69, 9.17) is 11.6 Å². The highest BCUT2D eigenvalue weighted by Crippen LogP contribution is 2.33. The van der Waals surface area contributed by atoms with E-state index in [0.29, 0.717) is 11.2 Å². The second-order valence-corrected chi connectivity index (χ2v) is 5.30. The van der Waals surface area contributed by atoms with Gasteiger partial charge in [0, 0.05) is 12.2 Å². The highest BCUT2D eigenvalue weighted by molar-refractivity contribution is 6.29. The second kappa shape index (κ2) is 5.83. The smallest absolute Gasteiger partial charge is 0.129 e. The molecule has 0 aliphatic carbocycles. The zero-order chi connectivity index (χ0) is 12.3. The molecular weight excluding hydrogens is 232 g/mol. The van der Waals surface area contributed by atoms with Crippen LogP contribution in [0.4, 0.5) is 0 Å². The van der Waals surface area contributed by atoms with Crippen molar-refractivity contribution in [2.24, 2.45) is 0 Å². The van der Waals surface area contributed by atoms with E-state index in [9.17, 15) is 0 Å². The van der Waals surface area contributed by atoms with Crippen molar-refractivity contribution in [3.8, 4) is 0 Å². The fraction of sp³-hybridized carbons (Fsp3) is 0.643. The number of rotatable bonds is 4. The molecule has 17 heavy (non-hydrogen) atoms. The molecule has 1 aliphatic rings. The minimum absolute atomic E-state index is 0.561. The van der Waals surface area contributed by atoms with Crippen LogP contribution in [0.2, 0.25) is 5.15 Å². The highest BCUT2D eigenvalue weighted by atomic mass is 35.5. The number of unbranched alkanes of at least 4 members (excludes halogenated alkanes) is 1. The Hall–Kier alpha value is -0.600. The minimum Gasteiger partial charge on any atom is -0.296 e. The molecule has 0 N–H and O–H groups in total. The Bertz CT molecular complexity index is 378. The maximum atomic E-state index is 5.92. The van der Waals surface area contributed by atoms with Crippen molar-refractivity contribution in [1.29, 1.82) is 0 Å². The first-order valence-corrected chi connectivity index (χ1v) is 6.96. The summed E-state index contributed by atoms with van der Waals surface area (Å²) in [5, 5.41) is 0.601. The van der Waals surface area contributed by atoms with Crippen LogP contribution in [0, 0.1) is 6.92 Å². The van der Waals surface area contributed by atoms with Crippen LogP contribution in [0.15, 0.2) is 12.3 Å². The second-order valence-electron chi connectivity index (χ2n) is 4.91. The number of aromatic nitrogens is 1. The lowest BCUT2D eigenvalue weighted by atomic mass is 10.0. The third-order valence-electron chi connectivity index (χ3n) is 3.64. The highest BCUT2D eigenvalue weighted by Gasteiger charge is 2.26. The predicted octanol–water partition coefficient (Wildman–Crippen LogP) is 3.98. The fourth-order valence-corrected chi connectivity index (χ4v) is 2.90. The first-order valence-electron chi connectivity index (χ1n) is 6.58. The molecule has 0 radical (unpaired) electrons. The summed E-state index contributed by atoms with van der Waals surface area (Å²) in [4.78, 5) is 6.84. The maximum absolute atomic E-state index is 5.92.